The Labute approximate surface area is 149 Å². The van der Waals surface area contributed by atoms with Crippen LogP contribution >= 0.6 is 0 Å². The van der Waals surface area contributed by atoms with E-state index in [2.05, 4.69) is 4.85 Å². The van der Waals surface area contributed by atoms with Crippen molar-refractivity contribution in [2.45, 2.75) is 45.3 Å². The second-order valence-electron chi connectivity index (χ2n) is 7.41. The predicted molar refractivity (Wildman–Crippen MR) is 95.4 cm³/mol. The van der Waals surface area contributed by atoms with Crippen LogP contribution in [0.1, 0.15) is 44.4 Å². The van der Waals surface area contributed by atoms with Crippen LogP contribution in [0.15, 0.2) is 18.2 Å². The van der Waals surface area contributed by atoms with Crippen molar-refractivity contribution in [2.24, 2.45) is 0 Å². The molecule has 0 aliphatic heterocycles. The lowest BCUT2D eigenvalue weighted by molar-refractivity contribution is -0.130. The van der Waals surface area contributed by atoms with Crippen LogP contribution in [0.4, 0.5) is 10.5 Å². The van der Waals surface area contributed by atoms with Crippen molar-refractivity contribution in [1.29, 1.82) is 0 Å². The van der Waals surface area contributed by atoms with Gasteiger partial charge in [-0.15, -0.1) is 0 Å². The van der Waals surface area contributed by atoms with Gasteiger partial charge in [-0.05, 0) is 44.7 Å². The highest BCUT2D eigenvalue weighted by atomic mass is 16.6. The Morgan fingerprint density at radius 1 is 1.32 bits per heavy atom. The molecule has 0 bridgehead atoms. The summed E-state index contributed by atoms with van der Waals surface area (Å²) in [6, 6.07) is 5.29. The zero-order valence-corrected chi connectivity index (χ0v) is 15.5. The molecule has 0 unspecified atom stereocenters. The lowest BCUT2D eigenvalue weighted by atomic mass is 10.1. The lowest BCUT2D eigenvalue weighted by Crippen LogP contribution is -2.44. The third-order valence-corrected chi connectivity index (χ3v) is 4.14. The quantitative estimate of drug-likeness (QED) is 0.789. The van der Waals surface area contributed by atoms with Crippen LogP contribution in [0, 0.1) is 6.57 Å². The van der Waals surface area contributed by atoms with E-state index >= 15 is 0 Å². The first-order valence-electron chi connectivity index (χ1n) is 8.33. The van der Waals surface area contributed by atoms with Gasteiger partial charge in [0, 0.05) is 14.1 Å². The number of amides is 2. The summed E-state index contributed by atoms with van der Waals surface area (Å²) in [7, 11) is 3.32. The summed E-state index contributed by atoms with van der Waals surface area (Å²) < 4.78 is 5.52. The van der Waals surface area contributed by atoms with Crippen molar-refractivity contribution in [2.75, 3.05) is 20.6 Å². The smallest absolute Gasteiger partial charge is 0.411 e. The van der Waals surface area contributed by atoms with Gasteiger partial charge in [-0.2, -0.15) is 0 Å². The molecule has 0 N–H and O–H groups in total. The number of benzene rings is 1. The van der Waals surface area contributed by atoms with Gasteiger partial charge < -0.3 is 9.64 Å². The van der Waals surface area contributed by atoms with E-state index in [1.807, 2.05) is 12.1 Å². The molecular formula is C19H25N3O3. The monoisotopic (exact) mass is 343 g/mol. The Hall–Kier alpha value is -2.55. The minimum Gasteiger partial charge on any atom is -0.444 e. The molecule has 6 heteroatoms. The SMILES string of the molecule is [C-]#[N+]c1cccc2c1CC[C@@H]2N(CC(=O)N(C)C)C(=O)OC(C)(C)C. The maximum atomic E-state index is 12.7. The molecule has 0 aromatic heterocycles. The lowest BCUT2D eigenvalue weighted by Gasteiger charge is -2.32. The second-order valence-corrected chi connectivity index (χ2v) is 7.41. The molecule has 0 saturated heterocycles. The van der Waals surface area contributed by atoms with Gasteiger partial charge in [0.15, 0.2) is 5.69 Å². The summed E-state index contributed by atoms with van der Waals surface area (Å²) in [4.78, 5) is 31.5. The van der Waals surface area contributed by atoms with Gasteiger partial charge in [-0.1, -0.05) is 18.2 Å². The van der Waals surface area contributed by atoms with Gasteiger partial charge in [0.2, 0.25) is 5.91 Å². The predicted octanol–water partition coefficient (Wildman–Crippen LogP) is 3.55. The molecule has 25 heavy (non-hydrogen) atoms. The van der Waals surface area contributed by atoms with E-state index in [1.54, 1.807) is 40.9 Å². The first-order chi connectivity index (χ1) is 11.6. The van der Waals surface area contributed by atoms with Crippen molar-refractivity contribution in [3.63, 3.8) is 0 Å². The Morgan fingerprint density at radius 3 is 2.56 bits per heavy atom. The van der Waals surface area contributed by atoms with Gasteiger partial charge in [0.1, 0.15) is 12.1 Å². The maximum absolute atomic E-state index is 12.7. The molecule has 0 radical (unpaired) electrons. The van der Waals surface area contributed by atoms with E-state index in [0.717, 1.165) is 11.1 Å². The third-order valence-electron chi connectivity index (χ3n) is 4.14. The highest BCUT2D eigenvalue weighted by molar-refractivity contribution is 5.82. The molecule has 0 fully saturated rings. The van der Waals surface area contributed by atoms with E-state index in [9.17, 15) is 9.59 Å². The topological polar surface area (TPSA) is 54.2 Å². The number of ether oxygens (including phenoxy) is 1. The van der Waals surface area contributed by atoms with Crippen molar-refractivity contribution in [3.8, 4) is 0 Å². The second kappa shape index (κ2) is 7.14. The van der Waals surface area contributed by atoms with Crippen molar-refractivity contribution < 1.29 is 14.3 Å². The minimum atomic E-state index is -0.643. The van der Waals surface area contributed by atoms with Gasteiger partial charge in [-0.25, -0.2) is 9.64 Å². The van der Waals surface area contributed by atoms with Crippen LogP contribution in [0.5, 0.6) is 0 Å². The van der Waals surface area contributed by atoms with Crippen molar-refractivity contribution >= 4 is 17.7 Å². The Bertz CT molecular complexity index is 714. The van der Waals surface area contributed by atoms with Gasteiger partial charge >= 0.3 is 6.09 Å². The molecule has 1 aliphatic carbocycles. The molecule has 0 heterocycles. The minimum absolute atomic E-state index is 0.0474. The summed E-state index contributed by atoms with van der Waals surface area (Å²) in [6.45, 7) is 12.7. The molecule has 0 saturated carbocycles. The molecule has 1 aromatic rings. The average molecular weight is 343 g/mol. The van der Waals surface area contributed by atoms with Gasteiger partial charge in [0.25, 0.3) is 0 Å². The summed E-state index contributed by atoms with van der Waals surface area (Å²) in [6.07, 6.45) is 0.893. The summed E-state index contributed by atoms with van der Waals surface area (Å²) in [5.74, 6) is -0.166. The molecule has 1 aromatic carbocycles. The number of likely N-dealkylation sites (N-methyl/N-ethyl adjacent to an activating group) is 1. The Balaban J connectivity index is 2.36. The fourth-order valence-electron chi connectivity index (χ4n) is 2.95. The Morgan fingerprint density at radius 2 is 2.00 bits per heavy atom. The highest BCUT2D eigenvalue weighted by Crippen LogP contribution is 2.40. The zero-order valence-electron chi connectivity index (χ0n) is 15.5. The molecule has 1 aliphatic rings. The van der Waals surface area contributed by atoms with Crippen LogP contribution < -0.4 is 0 Å². The van der Waals surface area contributed by atoms with Crippen molar-refractivity contribution in [1.82, 2.24) is 9.80 Å². The van der Waals surface area contributed by atoms with Crippen LogP contribution in [-0.2, 0) is 16.0 Å². The number of hydrogen-bond acceptors (Lipinski definition) is 3. The number of nitrogens with zero attached hydrogens (tertiary/aromatic N) is 3. The van der Waals surface area contributed by atoms with Crippen LogP contribution in [0.2, 0.25) is 0 Å². The van der Waals surface area contributed by atoms with E-state index in [0.29, 0.717) is 18.5 Å². The first-order valence-corrected chi connectivity index (χ1v) is 8.33. The van der Waals surface area contributed by atoms with E-state index in [-0.39, 0.29) is 18.5 Å². The fourth-order valence-corrected chi connectivity index (χ4v) is 2.95. The number of carbonyl (C=O) groups is 2. The van der Waals surface area contributed by atoms with Gasteiger partial charge in [0.05, 0.1) is 12.6 Å². The summed E-state index contributed by atoms with van der Waals surface area (Å²) >= 11 is 0. The third kappa shape index (κ3) is 4.30. The van der Waals surface area contributed by atoms with Crippen LogP contribution in [0.3, 0.4) is 0 Å². The molecule has 2 rings (SSSR count). The maximum Gasteiger partial charge on any atom is 0.411 e. The normalized spacial score (nSPS) is 15.9. The van der Waals surface area contributed by atoms with Crippen molar-refractivity contribution in [3.05, 3.63) is 40.7 Å². The average Bonchev–Trinajstić information content (AvgIpc) is 2.94. The molecule has 0 spiro atoms. The standard InChI is InChI=1S/C19H25N3O3/c1-19(2,3)25-18(24)22(12-17(23)21(5)6)16-11-10-13-14(16)8-7-9-15(13)20-4/h7-9,16H,10-12H2,1-3,5-6H3/t16-/m0/s1. The number of hydrogen-bond donors (Lipinski definition) is 0. The molecule has 1 atom stereocenters. The number of fused-ring (bicyclic) bond motifs is 1. The molecule has 6 nitrogen and oxygen atoms in total. The zero-order chi connectivity index (χ0) is 18.8. The van der Waals surface area contributed by atoms with E-state index < -0.39 is 11.7 Å². The van der Waals surface area contributed by atoms with Crippen LogP contribution in [0.25, 0.3) is 4.85 Å². The summed E-state index contributed by atoms with van der Waals surface area (Å²) in [5.41, 5.74) is 1.87. The fraction of sp³-hybridized carbons (Fsp3) is 0.526. The van der Waals surface area contributed by atoms with E-state index in [4.69, 9.17) is 11.3 Å². The largest absolute Gasteiger partial charge is 0.444 e. The molecule has 134 valence electrons. The number of rotatable bonds is 3. The summed E-state index contributed by atoms with van der Waals surface area (Å²) in [5, 5.41) is 0. The van der Waals surface area contributed by atoms with Crippen LogP contribution in [-0.4, -0.2) is 48.0 Å². The van der Waals surface area contributed by atoms with Gasteiger partial charge in [-0.3, -0.25) is 9.69 Å². The first kappa shape index (κ1) is 18.8. The number of carbonyl (C=O) groups excluding carboxylic acids is 2. The molecule has 2 amide bonds. The molecular weight excluding hydrogens is 318 g/mol. The van der Waals surface area contributed by atoms with E-state index in [1.165, 1.54) is 9.80 Å². The highest BCUT2D eigenvalue weighted by Gasteiger charge is 2.35. The Kier molecular flexibility index (Phi) is 5.36.